The summed E-state index contributed by atoms with van der Waals surface area (Å²) < 4.78 is 56.2. The number of alkyl halides is 3. The van der Waals surface area contributed by atoms with Crippen LogP contribution < -0.4 is 5.32 Å². The van der Waals surface area contributed by atoms with Crippen LogP contribution in [0.5, 0.6) is 0 Å². The molecule has 2 rings (SSSR count). The third-order valence-corrected chi connectivity index (χ3v) is 3.10. The second kappa shape index (κ2) is 6.30. The average molecular weight is 306 g/mol. The first kappa shape index (κ1) is 15.6. The molecule has 0 bridgehead atoms. The lowest BCUT2D eigenvalue weighted by atomic mass is 10.1. The topological polar surface area (TPSA) is 41.6 Å². The number of amides is 2. The van der Waals surface area contributed by atoms with Gasteiger partial charge in [-0.15, -0.1) is 0 Å². The monoisotopic (exact) mass is 306 g/mol. The Bertz CT molecular complexity index is 513. The molecule has 116 valence electrons. The van der Waals surface area contributed by atoms with Crippen molar-refractivity contribution in [2.75, 3.05) is 26.3 Å². The van der Waals surface area contributed by atoms with Crippen LogP contribution in [0.4, 0.5) is 22.4 Å². The number of nitrogens with zero attached hydrogens (tertiary/aromatic N) is 1. The van der Waals surface area contributed by atoms with E-state index in [9.17, 15) is 22.4 Å². The fraction of sp³-hybridized carbons (Fsp3) is 0.462. The highest BCUT2D eigenvalue weighted by Crippen LogP contribution is 2.30. The zero-order chi connectivity index (χ0) is 15.5. The molecule has 0 aliphatic carbocycles. The lowest BCUT2D eigenvalue weighted by Gasteiger charge is -2.27. The Morgan fingerprint density at radius 2 is 1.95 bits per heavy atom. The molecule has 1 aliphatic rings. The summed E-state index contributed by atoms with van der Waals surface area (Å²) in [5.74, 6) is -0.787. The number of carbonyl (C=O) groups excluding carboxylic acids is 1. The van der Waals surface area contributed by atoms with Gasteiger partial charge >= 0.3 is 12.2 Å². The maximum absolute atomic E-state index is 13.5. The number of urea groups is 1. The van der Waals surface area contributed by atoms with Crippen LogP contribution in [-0.4, -0.2) is 37.2 Å². The third kappa shape index (κ3) is 4.07. The summed E-state index contributed by atoms with van der Waals surface area (Å²) in [7, 11) is 0. The molecular weight excluding hydrogens is 292 g/mol. The number of hydrogen-bond donors (Lipinski definition) is 1. The van der Waals surface area contributed by atoms with E-state index in [1.165, 1.54) is 4.90 Å². The van der Waals surface area contributed by atoms with Crippen LogP contribution >= 0.6 is 0 Å². The fourth-order valence-corrected chi connectivity index (χ4v) is 1.94. The molecule has 4 nitrogen and oxygen atoms in total. The van der Waals surface area contributed by atoms with Crippen molar-refractivity contribution in [1.29, 1.82) is 0 Å². The van der Waals surface area contributed by atoms with Gasteiger partial charge in [0.15, 0.2) is 0 Å². The molecule has 1 aliphatic heterocycles. The number of carbonyl (C=O) groups is 1. The van der Waals surface area contributed by atoms with Crippen molar-refractivity contribution in [1.82, 2.24) is 10.2 Å². The first-order chi connectivity index (χ1) is 9.88. The molecule has 0 saturated carbocycles. The molecule has 8 heteroatoms. The molecular formula is C13H14F4N2O2. The highest BCUT2D eigenvalue weighted by molar-refractivity contribution is 5.74. The normalized spacial score (nSPS) is 15.9. The van der Waals surface area contributed by atoms with E-state index in [4.69, 9.17) is 4.74 Å². The average Bonchev–Trinajstić information content (AvgIpc) is 2.45. The van der Waals surface area contributed by atoms with Crippen LogP contribution in [0.2, 0.25) is 0 Å². The second-order valence-electron chi connectivity index (χ2n) is 4.56. The molecule has 1 heterocycles. The first-order valence-corrected chi connectivity index (χ1v) is 6.34. The van der Waals surface area contributed by atoms with Gasteiger partial charge in [0.2, 0.25) is 0 Å². The molecule has 0 spiro atoms. The Hall–Kier alpha value is -1.83. The largest absolute Gasteiger partial charge is 0.416 e. The zero-order valence-electron chi connectivity index (χ0n) is 11.0. The summed E-state index contributed by atoms with van der Waals surface area (Å²) in [4.78, 5) is 13.2. The molecule has 0 aromatic heterocycles. The molecule has 0 atom stereocenters. The molecule has 0 radical (unpaired) electrons. The van der Waals surface area contributed by atoms with Gasteiger partial charge in [0.25, 0.3) is 0 Å². The number of rotatable bonds is 2. The van der Waals surface area contributed by atoms with Crippen molar-refractivity contribution in [3.05, 3.63) is 35.1 Å². The minimum atomic E-state index is -4.54. The molecule has 1 fully saturated rings. The van der Waals surface area contributed by atoms with E-state index in [2.05, 4.69) is 5.32 Å². The van der Waals surface area contributed by atoms with Crippen molar-refractivity contribution in [3.8, 4) is 0 Å². The maximum Gasteiger partial charge on any atom is 0.416 e. The summed E-state index contributed by atoms with van der Waals surface area (Å²) in [5.41, 5.74) is -1.15. The zero-order valence-corrected chi connectivity index (χ0v) is 11.0. The van der Waals surface area contributed by atoms with Gasteiger partial charge in [-0.05, 0) is 18.2 Å². The Morgan fingerprint density at radius 3 is 2.57 bits per heavy atom. The van der Waals surface area contributed by atoms with Crippen LogP contribution in [0.1, 0.15) is 11.1 Å². The molecule has 2 amide bonds. The van der Waals surface area contributed by atoms with E-state index in [1.807, 2.05) is 0 Å². The second-order valence-corrected chi connectivity index (χ2v) is 4.56. The number of benzene rings is 1. The van der Waals surface area contributed by atoms with E-state index in [0.717, 1.165) is 6.07 Å². The lowest BCUT2D eigenvalue weighted by molar-refractivity contribution is -0.137. The van der Waals surface area contributed by atoms with Crippen LogP contribution in [0.3, 0.4) is 0 Å². The molecule has 1 aromatic rings. The molecule has 0 unspecified atom stereocenters. The first-order valence-electron chi connectivity index (χ1n) is 6.34. The van der Waals surface area contributed by atoms with E-state index in [1.54, 1.807) is 0 Å². The summed E-state index contributed by atoms with van der Waals surface area (Å²) in [5, 5.41) is 2.41. The number of hydrogen-bond acceptors (Lipinski definition) is 2. The van der Waals surface area contributed by atoms with Crippen molar-refractivity contribution in [2.45, 2.75) is 12.7 Å². The minimum Gasteiger partial charge on any atom is -0.378 e. The van der Waals surface area contributed by atoms with Gasteiger partial charge in [0.05, 0.1) is 18.8 Å². The van der Waals surface area contributed by atoms with Crippen molar-refractivity contribution >= 4 is 6.03 Å². The SMILES string of the molecule is O=C(NCc1cc(C(F)(F)F)ccc1F)N1CCOCC1. The molecule has 1 N–H and O–H groups in total. The molecule has 21 heavy (non-hydrogen) atoms. The van der Waals surface area contributed by atoms with E-state index < -0.39 is 23.6 Å². The Balaban J connectivity index is 2.00. The Labute approximate surface area is 118 Å². The molecule has 1 saturated heterocycles. The van der Waals surface area contributed by atoms with Crippen LogP contribution in [-0.2, 0) is 17.5 Å². The number of ether oxygens (including phenoxy) is 1. The number of halogens is 4. The summed E-state index contributed by atoms with van der Waals surface area (Å²) in [6.07, 6.45) is -4.54. The standard InChI is InChI=1S/C13H14F4N2O2/c14-11-2-1-10(13(15,16)17)7-9(11)8-18-12(20)19-3-5-21-6-4-19/h1-2,7H,3-6,8H2,(H,18,20). The fourth-order valence-electron chi connectivity index (χ4n) is 1.94. The van der Waals surface area contributed by atoms with Crippen molar-refractivity contribution < 1.29 is 27.1 Å². The Morgan fingerprint density at radius 1 is 1.29 bits per heavy atom. The highest BCUT2D eigenvalue weighted by atomic mass is 19.4. The van der Waals surface area contributed by atoms with Gasteiger partial charge < -0.3 is 15.0 Å². The number of nitrogens with one attached hydrogen (secondary N) is 1. The van der Waals surface area contributed by atoms with Crippen LogP contribution in [0.25, 0.3) is 0 Å². The van der Waals surface area contributed by atoms with Crippen LogP contribution in [0, 0.1) is 5.82 Å². The highest BCUT2D eigenvalue weighted by Gasteiger charge is 2.31. The van der Waals surface area contributed by atoms with Crippen LogP contribution in [0.15, 0.2) is 18.2 Å². The van der Waals surface area contributed by atoms with E-state index in [-0.39, 0.29) is 12.1 Å². The van der Waals surface area contributed by atoms with Gasteiger partial charge in [-0.3, -0.25) is 0 Å². The summed E-state index contributed by atoms with van der Waals surface area (Å²) in [6.45, 7) is 1.32. The van der Waals surface area contributed by atoms with Crippen molar-refractivity contribution in [2.24, 2.45) is 0 Å². The third-order valence-electron chi connectivity index (χ3n) is 3.10. The minimum absolute atomic E-state index is 0.202. The van der Waals surface area contributed by atoms with Gasteiger partial charge in [-0.25, -0.2) is 9.18 Å². The number of morpholine rings is 1. The summed E-state index contributed by atoms with van der Waals surface area (Å²) >= 11 is 0. The van der Waals surface area contributed by atoms with Crippen molar-refractivity contribution in [3.63, 3.8) is 0 Å². The van der Waals surface area contributed by atoms with E-state index >= 15 is 0 Å². The molecule has 1 aromatic carbocycles. The quantitative estimate of drug-likeness (QED) is 0.853. The smallest absolute Gasteiger partial charge is 0.378 e. The van der Waals surface area contributed by atoms with Gasteiger partial charge in [0.1, 0.15) is 5.82 Å². The van der Waals surface area contributed by atoms with Gasteiger partial charge in [-0.1, -0.05) is 0 Å². The maximum atomic E-state index is 13.5. The van der Waals surface area contributed by atoms with Gasteiger partial charge in [-0.2, -0.15) is 13.2 Å². The van der Waals surface area contributed by atoms with E-state index in [0.29, 0.717) is 38.4 Å². The van der Waals surface area contributed by atoms with Gasteiger partial charge in [0, 0.05) is 25.2 Å². The summed E-state index contributed by atoms with van der Waals surface area (Å²) in [6, 6.07) is 1.67. The lowest BCUT2D eigenvalue weighted by Crippen LogP contribution is -2.46. The Kier molecular flexibility index (Phi) is 4.66. The predicted molar refractivity (Wildman–Crippen MR) is 66.0 cm³/mol. The predicted octanol–water partition coefficient (Wildman–Crippen LogP) is 2.39.